The number of carboxylic acids is 1. The molecule has 0 aliphatic heterocycles. The van der Waals surface area contributed by atoms with Crippen molar-refractivity contribution in [3.05, 3.63) is 28.4 Å². The quantitative estimate of drug-likeness (QED) is 0.734. The third-order valence-electron chi connectivity index (χ3n) is 4.57. The van der Waals surface area contributed by atoms with Gasteiger partial charge in [0, 0.05) is 9.86 Å². The van der Waals surface area contributed by atoms with E-state index in [2.05, 4.69) is 21.2 Å². The van der Waals surface area contributed by atoms with Gasteiger partial charge in [0.1, 0.15) is 11.6 Å². The summed E-state index contributed by atoms with van der Waals surface area (Å²) < 4.78 is 6.36. The molecule has 1 heterocycles. The molecule has 1 atom stereocenters. The van der Waals surface area contributed by atoms with E-state index in [4.69, 9.17) is 10.2 Å². The van der Waals surface area contributed by atoms with Gasteiger partial charge in [0.05, 0.1) is 5.69 Å². The minimum Gasteiger partial charge on any atom is -0.480 e. The standard InChI is InChI=1S/C17H19BrN2O4/c18-10-6-7-11-12(8-10)24-15(13(11)19)16(21)20-14(17(22)23)9-4-2-1-3-5-9/h6-9,14H,1-5,19H2,(H,20,21)(H,22,23)/t14-/m0/s1. The fraction of sp³-hybridized carbons (Fsp3) is 0.412. The number of carbonyl (C=O) groups excluding carboxylic acids is 1. The Morgan fingerprint density at radius 2 is 2.00 bits per heavy atom. The van der Waals surface area contributed by atoms with Gasteiger partial charge in [-0.25, -0.2) is 4.79 Å². The third kappa shape index (κ3) is 3.26. The lowest BCUT2D eigenvalue weighted by atomic mass is 9.84. The van der Waals surface area contributed by atoms with Gasteiger partial charge in [-0.15, -0.1) is 0 Å². The minimum absolute atomic E-state index is 0.0369. The number of nitrogens with one attached hydrogen (secondary N) is 1. The Morgan fingerprint density at radius 1 is 1.29 bits per heavy atom. The second kappa shape index (κ2) is 6.84. The van der Waals surface area contributed by atoms with Crippen LogP contribution in [0.5, 0.6) is 0 Å². The lowest BCUT2D eigenvalue weighted by Gasteiger charge is -2.27. The third-order valence-corrected chi connectivity index (χ3v) is 5.06. The zero-order valence-electron chi connectivity index (χ0n) is 13.0. The average molecular weight is 395 g/mol. The van der Waals surface area contributed by atoms with Crippen molar-refractivity contribution >= 4 is 44.5 Å². The Hall–Kier alpha value is -2.02. The molecule has 1 aliphatic rings. The highest BCUT2D eigenvalue weighted by Gasteiger charge is 2.32. The fourth-order valence-corrected chi connectivity index (χ4v) is 3.65. The zero-order chi connectivity index (χ0) is 17.3. The summed E-state index contributed by atoms with van der Waals surface area (Å²) in [6.07, 6.45) is 4.71. The molecule has 3 rings (SSSR count). The molecule has 2 aromatic rings. The van der Waals surface area contributed by atoms with Crippen LogP contribution in [-0.4, -0.2) is 23.0 Å². The monoisotopic (exact) mass is 394 g/mol. The molecule has 1 fully saturated rings. The minimum atomic E-state index is -1.02. The number of benzene rings is 1. The number of anilines is 1. The number of carboxylic acid groups (broad SMARTS) is 1. The van der Waals surface area contributed by atoms with Gasteiger partial charge < -0.3 is 20.6 Å². The number of nitrogens with two attached hydrogens (primary N) is 1. The maximum Gasteiger partial charge on any atom is 0.326 e. The molecule has 0 saturated heterocycles. The molecule has 4 N–H and O–H groups in total. The van der Waals surface area contributed by atoms with Gasteiger partial charge in [-0.1, -0.05) is 35.2 Å². The molecule has 1 aromatic carbocycles. The Kier molecular flexibility index (Phi) is 4.80. The van der Waals surface area contributed by atoms with Gasteiger partial charge in [-0.2, -0.15) is 0 Å². The SMILES string of the molecule is Nc1c(C(=O)N[C@H](C(=O)O)C2CCCCC2)oc2cc(Br)ccc12. The molecule has 6 nitrogen and oxygen atoms in total. The molecular formula is C17H19BrN2O4. The molecule has 128 valence electrons. The Labute approximate surface area is 147 Å². The van der Waals surface area contributed by atoms with Crippen molar-refractivity contribution in [3.8, 4) is 0 Å². The highest BCUT2D eigenvalue weighted by molar-refractivity contribution is 9.10. The number of aliphatic carboxylic acids is 1. The van der Waals surface area contributed by atoms with Crippen molar-refractivity contribution in [1.82, 2.24) is 5.32 Å². The van der Waals surface area contributed by atoms with E-state index in [-0.39, 0.29) is 17.4 Å². The number of amides is 1. The number of nitrogen functional groups attached to an aromatic ring is 1. The number of fused-ring (bicyclic) bond motifs is 1. The van der Waals surface area contributed by atoms with Crippen LogP contribution in [0, 0.1) is 5.92 Å². The van der Waals surface area contributed by atoms with Gasteiger partial charge in [0.25, 0.3) is 5.91 Å². The number of hydrogen-bond donors (Lipinski definition) is 3. The average Bonchev–Trinajstić information content (AvgIpc) is 2.89. The fourth-order valence-electron chi connectivity index (χ4n) is 3.31. The molecule has 1 amide bonds. The van der Waals surface area contributed by atoms with E-state index in [0.717, 1.165) is 36.6 Å². The summed E-state index contributed by atoms with van der Waals surface area (Å²) in [5.74, 6) is -1.70. The molecule has 1 aromatic heterocycles. The lowest BCUT2D eigenvalue weighted by Crippen LogP contribution is -2.46. The van der Waals surface area contributed by atoms with Gasteiger partial charge in [0.15, 0.2) is 0 Å². The van der Waals surface area contributed by atoms with E-state index in [1.165, 1.54) is 0 Å². The summed E-state index contributed by atoms with van der Waals surface area (Å²) in [6, 6.07) is 4.36. The van der Waals surface area contributed by atoms with Crippen LogP contribution in [0.15, 0.2) is 27.1 Å². The molecule has 7 heteroatoms. The molecule has 0 unspecified atom stereocenters. The summed E-state index contributed by atoms with van der Waals surface area (Å²) in [6.45, 7) is 0. The van der Waals surface area contributed by atoms with Gasteiger partial charge >= 0.3 is 5.97 Å². The number of hydrogen-bond acceptors (Lipinski definition) is 4. The summed E-state index contributed by atoms with van der Waals surface area (Å²) >= 11 is 3.34. The highest BCUT2D eigenvalue weighted by atomic mass is 79.9. The number of rotatable bonds is 4. The maximum absolute atomic E-state index is 12.5. The summed E-state index contributed by atoms with van der Waals surface area (Å²) in [5.41, 5.74) is 6.71. The smallest absolute Gasteiger partial charge is 0.326 e. The molecule has 1 aliphatic carbocycles. The van der Waals surface area contributed by atoms with E-state index >= 15 is 0 Å². The van der Waals surface area contributed by atoms with Crippen LogP contribution in [-0.2, 0) is 4.79 Å². The molecular weight excluding hydrogens is 376 g/mol. The first-order valence-corrected chi connectivity index (χ1v) is 8.78. The summed E-state index contributed by atoms with van der Waals surface area (Å²) in [4.78, 5) is 24.1. The van der Waals surface area contributed by atoms with Crippen molar-refractivity contribution < 1.29 is 19.1 Å². The predicted octanol–water partition coefficient (Wildman–Crippen LogP) is 3.54. The number of halogens is 1. The Balaban J connectivity index is 1.85. The van der Waals surface area contributed by atoms with Crippen LogP contribution in [0.3, 0.4) is 0 Å². The van der Waals surface area contributed by atoms with Crippen molar-refractivity contribution in [2.45, 2.75) is 38.1 Å². The topological polar surface area (TPSA) is 106 Å². The van der Waals surface area contributed by atoms with Crippen LogP contribution in [0.1, 0.15) is 42.7 Å². The van der Waals surface area contributed by atoms with Crippen molar-refractivity contribution in [2.24, 2.45) is 5.92 Å². The van der Waals surface area contributed by atoms with Crippen molar-refractivity contribution in [2.75, 3.05) is 5.73 Å². The van der Waals surface area contributed by atoms with E-state index in [1.54, 1.807) is 18.2 Å². The first kappa shape index (κ1) is 16.8. The predicted molar refractivity (Wildman–Crippen MR) is 93.8 cm³/mol. The van der Waals surface area contributed by atoms with E-state index in [9.17, 15) is 14.7 Å². The van der Waals surface area contributed by atoms with E-state index in [0.29, 0.717) is 11.0 Å². The van der Waals surface area contributed by atoms with Gasteiger partial charge in [-0.05, 0) is 37.0 Å². The van der Waals surface area contributed by atoms with Gasteiger partial charge in [0.2, 0.25) is 5.76 Å². The van der Waals surface area contributed by atoms with Crippen LogP contribution < -0.4 is 11.1 Å². The van der Waals surface area contributed by atoms with Crippen LogP contribution in [0.2, 0.25) is 0 Å². The van der Waals surface area contributed by atoms with Crippen LogP contribution in [0.25, 0.3) is 11.0 Å². The first-order valence-electron chi connectivity index (χ1n) is 7.98. The highest BCUT2D eigenvalue weighted by Crippen LogP contribution is 2.31. The molecule has 1 saturated carbocycles. The first-order chi connectivity index (χ1) is 11.5. The van der Waals surface area contributed by atoms with Crippen LogP contribution in [0.4, 0.5) is 5.69 Å². The summed E-state index contributed by atoms with van der Waals surface area (Å²) in [7, 11) is 0. The zero-order valence-corrected chi connectivity index (χ0v) is 14.6. The number of furan rings is 1. The van der Waals surface area contributed by atoms with Crippen molar-refractivity contribution in [1.29, 1.82) is 0 Å². The molecule has 24 heavy (non-hydrogen) atoms. The summed E-state index contributed by atoms with van der Waals surface area (Å²) in [5, 5.41) is 12.7. The van der Waals surface area contributed by atoms with E-state index in [1.807, 2.05) is 0 Å². The lowest BCUT2D eigenvalue weighted by molar-refractivity contribution is -0.141. The van der Waals surface area contributed by atoms with Gasteiger partial charge in [-0.3, -0.25) is 4.79 Å². The second-order valence-electron chi connectivity index (χ2n) is 6.17. The maximum atomic E-state index is 12.5. The largest absolute Gasteiger partial charge is 0.480 e. The van der Waals surface area contributed by atoms with Crippen molar-refractivity contribution in [3.63, 3.8) is 0 Å². The second-order valence-corrected chi connectivity index (χ2v) is 7.09. The Bertz CT molecular complexity index is 780. The number of carbonyl (C=O) groups is 2. The molecule has 0 spiro atoms. The molecule has 0 radical (unpaired) electrons. The Morgan fingerprint density at radius 3 is 2.67 bits per heavy atom. The molecule has 0 bridgehead atoms. The normalized spacial score (nSPS) is 16.9. The van der Waals surface area contributed by atoms with E-state index < -0.39 is 17.9 Å². The van der Waals surface area contributed by atoms with Crippen LogP contribution >= 0.6 is 15.9 Å².